The zero-order chi connectivity index (χ0) is 14.7. The lowest BCUT2D eigenvalue weighted by Crippen LogP contribution is -2.37. The van der Waals surface area contributed by atoms with Gasteiger partial charge >= 0.3 is 5.97 Å². The predicted octanol–water partition coefficient (Wildman–Crippen LogP) is 0.0999. The van der Waals surface area contributed by atoms with E-state index in [2.05, 4.69) is 9.97 Å². The normalized spacial score (nSPS) is 14.6. The summed E-state index contributed by atoms with van der Waals surface area (Å²) in [6.45, 7) is 1.05. The van der Waals surface area contributed by atoms with E-state index in [1.165, 1.54) is 6.07 Å². The first-order chi connectivity index (χ1) is 9.45. The number of anilines is 1. The van der Waals surface area contributed by atoms with Crippen LogP contribution in [-0.2, 0) is 4.79 Å². The Morgan fingerprint density at radius 3 is 2.70 bits per heavy atom. The number of aromatic amines is 1. The maximum absolute atomic E-state index is 11.7. The van der Waals surface area contributed by atoms with E-state index in [1.807, 2.05) is 19.0 Å². The minimum atomic E-state index is -0.932. The summed E-state index contributed by atoms with van der Waals surface area (Å²) in [4.78, 5) is 33.4. The molecule has 1 heterocycles. The Morgan fingerprint density at radius 1 is 1.45 bits per heavy atom. The van der Waals surface area contributed by atoms with Crippen LogP contribution in [0.5, 0.6) is 0 Å². The quantitative estimate of drug-likeness (QED) is 0.736. The Kier molecular flexibility index (Phi) is 4.39. The highest BCUT2D eigenvalue weighted by atomic mass is 16.4. The molecule has 0 bridgehead atoms. The van der Waals surface area contributed by atoms with Gasteiger partial charge in [0.05, 0.1) is 0 Å². The van der Waals surface area contributed by atoms with Crippen molar-refractivity contribution in [2.45, 2.75) is 18.8 Å². The van der Waals surface area contributed by atoms with E-state index in [4.69, 9.17) is 5.11 Å². The van der Waals surface area contributed by atoms with E-state index in [-0.39, 0.29) is 12.1 Å². The van der Waals surface area contributed by atoms with Gasteiger partial charge in [0.2, 0.25) is 0 Å². The van der Waals surface area contributed by atoms with Gasteiger partial charge in [0.25, 0.3) is 5.56 Å². The van der Waals surface area contributed by atoms with Crippen molar-refractivity contribution in [3.63, 3.8) is 0 Å². The zero-order valence-corrected chi connectivity index (χ0v) is 11.8. The van der Waals surface area contributed by atoms with E-state index >= 15 is 0 Å². The van der Waals surface area contributed by atoms with Crippen molar-refractivity contribution in [3.8, 4) is 0 Å². The molecule has 0 atom stereocenters. The molecule has 0 saturated heterocycles. The second-order valence-electron chi connectivity index (χ2n) is 5.38. The molecule has 0 unspecified atom stereocenters. The molecule has 1 aromatic heterocycles. The van der Waals surface area contributed by atoms with E-state index in [1.54, 1.807) is 4.90 Å². The molecular formula is C13H20N4O3. The molecule has 20 heavy (non-hydrogen) atoms. The van der Waals surface area contributed by atoms with Crippen LogP contribution >= 0.6 is 0 Å². The predicted molar refractivity (Wildman–Crippen MR) is 75.2 cm³/mol. The highest BCUT2D eigenvalue weighted by Crippen LogP contribution is 2.37. The number of aromatic nitrogens is 2. The first kappa shape index (κ1) is 14.5. The monoisotopic (exact) mass is 280 g/mol. The number of H-pyrrole nitrogens is 1. The van der Waals surface area contributed by atoms with Crippen LogP contribution in [0.1, 0.15) is 24.6 Å². The molecule has 0 radical (unpaired) electrons. The topological polar surface area (TPSA) is 89.5 Å². The number of aliphatic carboxylic acids is 1. The van der Waals surface area contributed by atoms with Crippen LogP contribution < -0.4 is 10.5 Å². The van der Waals surface area contributed by atoms with Crippen molar-refractivity contribution < 1.29 is 9.90 Å². The van der Waals surface area contributed by atoms with Gasteiger partial charge in [-0.3, -0.25) is 9.59 Å². The molecule has 2 rings (SSSR count). The fourth-order valence-electron chi connectivity index (χ4n) is 1.93. The first-order valence-electron chi connectivity index (χ1n) is 6.68. The van der Waals surface area contributed by atoms with Crippen LogP contribution in [0.3, 0.4) is 0 Å². The summed E-state index contributed by atoms with van der Waals surface area (Å²) in [6, 6.07) is 1.37. The standard InChI is InChI=1S/C13H20N4O3/c1-16(2)5-6-17(8-12(19)20)10-7-11(18)15-13(14-10)9-3-4-9/h7,9H,3-6,8H2,1-2H3,(H,19,20)(H,14,15,18). The van der Waals surface area contributed by atoms with Crippen LogP contribution in [0, 0.1) is 0 Å². The summed E-state index contributed by atoms with van der Waals surface area (Å²) >= 11 is 0. The summed E-state index contributed by atoms with van der Waals surface area (Å²) in [5.74, 6) is 0.509. The van der Waals surface area contributed by atoms with Crippen molar-refractivity contribution in [3.05, 3.63) is 22.2 Å². The SMILES string of the molecule is CN(C)CCN(CC(=O)O)c1cc(=O)[nH]c(C2CC2)n1. The van der Waals surface area contributed by atoms with Gasteiger partial charge in [0.15, 0.2) is 0 Å². The number of likely N-dealkylation sites (N-methyl/N-ethyl adjacent to an activating group) is 1. The lowest BCUT2D eigenvalue weighted by molar-refractivity contribution is -0.135. The third-order valence-corrected chi connectivity index (χ3v) is 3.18. The van der Waals surface area contributed by atoms with Crippen molar-refractivity contribution in [2.75, 3.05) is 38.6 Å². The lowest BCUT2D eigenvalue weighted by Gasteiger charge is -2.23. The summed E-state index contributed by atoms with van der Waals surface area (Å²) < 4.78 is 0. The first-order valence-corrected chi connectivity index (χ1v) is 6.68. The van der Waals surface area contributed by atoms with Crippen LogP contribution in [0.15, 0.2) is 10.9 Å². The molecule has 0 aromatic carbocycles. The van der Waals surface area contributed by atoms with Crippen LogP contribution in [-0.4, -0.2) is 59.7 Å². The number of nitrogens with one attached hydrogen (secondary N) is 1. The molecule has 1 aromatic rings. The van der Waals surface area contributed by atoms with Gasteiger partial charge in [0, 0.05) is 25.1 Å². The molecule has 0 spiro atoms. The van der Waals surface area contributed by atoms with Gasteiger partial charge in [-0.05, 0) is 26.9 Å². The summed E-state index contributed by atoms with van der Waals surface area (Å²) in [6.07, 6.45) is 2.06. The smallest absolute Gasteiger partial charge is 0.323 e. The minimum absolute atomic E-state index is 0.158. The maximum Gasteiger partial charge on any atom is 0.323 e. The van der Waals surface area contributed by atoms with Crippen LogP contribution in [0.4, 0.5) is 5.82 Å². The molecular weight excluding hydrogens is 260 g/mol. The maximum atomic E-state index is 11.7. The number of hydrogen-bond donors (Lipinski definition) is 2. The van der Waals surface area contributed by atoms with Crippen molar-refractivity contribution in [2.24, 2.45) is 0 Å². The van der Waals surface area contributed by atoms with Crippen molar-refractivity contribution in [1.29, 1.82) is 0 Å². The Labute approximate surface area is 117 Å². The third-order valence-electron chi connectivity index (χ3n) is 3.18. The van der Waals surface area contributed by atoms with Gasteiger partial charge in [-0.2, -0.15) is 0 Å². The molecule has 1 aliphatic rings. The second kappa shape index (κ2) is 6.04. The van der Waals surface area contributed by atoms with Gasteiger partial charge in [0.1, 0.15) is 18.2 Å². The Morgan fingerprint density at radius 2 is 2.15 bits per heavy atom. The molecule has 0 aliphatic heterocycles. The van der Waals surface area contributed by atoms with Crippen molar-refractivity contribution in [1.82, 2.24) is 14.9 Å². The van der Waals surface area contributed by atoms with E-state index < -0.39 is 5.97 Å². The van der Waals surface area contributed by atoms with Crippen LogP contribution in [0.2, 0.25) is 0 Å². The van der Waals surface area contributed by atoms with Gasteiger partial charge in [-0.1, -0.05) is 0 Å². The molecule has 7 heteroatoms. The Balaban J connectivity index is 2.21. The second-order valence-corrected chi connectivity index (χ2v) is 5.38. The molecule has 0 amide bonds. The highest BCUT2D eigenvalue weighted by Gasteiger charge is 2.27. The third kappa shape index (κ3) is 4.06. The van der Waals surface area contributed by atoms with E-state index in [0.717, 1.165) is 12.8 Å². The van der Waals surface area contributed by atoms with E-state index in [0.29, 0.717) is 30.6 Å². The van der Waals surface area contributed by atoms with E-state index in [9.17, 15) is 9.59 Å². The average molecular weight is 280 g/mol. The highest BCUT2D eigenvalue weighted by molar-refractivity contribution is 5.73. The fraction of sp³-hybridized carbons (Fsp3) is 0.615. The molecule has 110 valence electrons. The van der Waals surface area contributed by atoms with Gasteiger partial charge in [-0.15, -0.1) is 0 Å². The Bertz CT molecular complexity index is 537. The van der Waals surface area contributed by atoms with Crippen molar-refractivity contribution >= 4 is 11.8 Å². The molecule has 7 nitrogen and oxygen atoms in total. The van der Waals surface area contributed by atoms with Gasteiger partial charge in [-0.25, -0.2) is 4.98 Å². The fourth-order valence-corrected chi connectivity index (χ4v) is 1.93. The number of rotatable bonds is 7. The molecule has 2 N–H and O–H groups in total. The number of hydrogen-bond acceptors (Lipinski definition) is 5. The molecule has 1 fully saturated rings. The Hall–Kier alpha value is -1.89. The summed E-state index contributed by atoms with van der Waals surface area (Å²) in [7, 11) is 3.83. The molecule has 1 aliphatic carbocycles. The number of carboxylic acids is 1. The average Bonchev–Trinajstić information content (AvgIpc) is 3.17. The number of carbonyl (C=O) groups is 1. The largest absolute Gasteiger partial charge is 0.480 e. The minimum Gasteiger partial charge on any atom is -0.480 e. The zero-order valence-electron chi connectivity index (χ0n) is 11.8. The summed E-state index contributed by atoms with van der Waals surface area (Å²) in [5, 5.41) is 9.00. The van der Waals surface area contributed by atoms with Gasteiger partial charge < -0.3 is 19.9 Å². The number of nitrogens with zero attached hydrogens (tertiary/aromatic N) is 3. The molecule has 1 saturated carbocycles. The van der Waals surface area contributed by atoms with Crippen LogP contribution in [0.25, 0.3) is 0 Å². The lowest BCUT2D eigenvalue weighted by atomic mass is 10.3. The summed E-state index contributed by atoms with van der Waals surface area (Å²) in [5.41, 5.74) is -0.225. The number of carboxylic acid groups (broad SMARTS) is 1.